The highest BCUT2D eigenvalue weighted by Gasteiger charge is 2.17. The van der Waals surface area contributed by atoms with E-state index in [9.17, 15) is 9.90 Å². The number of para-hydroxylation sites is 1. The molecule has 0 aliphatic carbocycles. The number of rotatable bonds is 7. The van der Waals surface area contributed by atoms with E-state index in [-0.39, 0.29) is 0 Å². The van der Waals surface area contributed by atoms with E-state index >= 15 is 0 Å². The van der Waals surface area contributed by atoms with Gasteiger partial charge < -0.3 is 10.4 Å². The summed E-state index contributed by atoms with van der Waals surface area (Å²) in [6, 6.07) is 17.3. The van der Waals surface area contributed by atoms with Crippen LogP contribution in [0.15, 0.2) is 54.6 Å². The van der Waals surface area contributed by atoms with Gasteiger partial charge in [0, 0.05) is 11.3 Å². The van der Waals surface area contributed by atoms with Crippen molar-refractivity contribution in [3.63, 3.8) is 0 Å². The van der Waals surface area contributed by atoms with E-state index in [1.54, 1.807) is 0 Å². The molecule has 2 aromatic carbocycles. The normalized spacial score (nSPS) is 11.9. The van der Waals surface area contributed by atoms with Gasteiger partial charge >= 0.3 is 5.97 Å². The van der Waals surface area contributed by atoms with Crippen LogP contribution in [0.3, 0.4) is 0 Å². The molecule has 0 aromatic heterocycles. The number of carboxylic acids is 1. The van der Waals surface area contributed by atoms with Crippen LogP contribution in [0.2, 0.25) is 0 Å². The molecule has 3 heteroatoms. The molecule has 0 heterocycles. The van der Waals surface area contributed by atoms with E-state index in [2.05, 4.69) is 12.2 Å². The van der Waals surface area contributed by atoms with Crippen LogP contribution >= 0.6 is 0 Å². The van der Waals surface area contributed by atoms with Crippen molar-refractivity contribution in [3.8, 4) is 11.1 Å². The van der Waals surface area contributed by atoms with Gasteiger partial charge in [0.2, 0.25) is 0 Å². The fraction of sp³-hybridized carbons (Fsp3) is 0.278. The SMILES string of the molecule is CCCCC(Nc1ccccc1-c1ccccc1)C(=O)O. The van der Waals surface area contributed by atoms with Crippen LogP contribution in [0.5, 0.6) is 0 Å². The lowest BCUT2D eigenvalue weighted by atomic mass is 10.0. The standard InChI is InChI=1S/C18H21NO2/c1-2-3-12-17(18(20)21)19-16-13-8-7-11-15(16)14-9-5-4-6-10-14/h4-11,13,17,19H,2-3,12H2,1H3,(H,20,21). The third-order valence-corrected chi connectivity index (χ3v) is 3.49. The molecule has 2 N–H and O–H groups in total. The van der Waals surface area contributed by atoms with Crippen molar-refractivity contribution in [3.05, 3.63) is 54.6 Å². The van der Waals surface area contributed by atoms with Gasteiger partial charge in [-0.1, -0.05) is 68.3 Å². The van der Waals surface area contributed by atoms with Gasteiger partial charge in [-0.25, -0.2) is 4.79 Å². The molecule has 0 spiro atoms. The molecule has 110 valence electrons. The van der Waals surface area contributed by atoms with E-state index in [0.29, 0.717) is 6.42 Å². The third kappa shape index (κ3) is 4.09. The highest BCUT2D eigenvalue weighted by atomic mass is 16.4. The summed E-state index contributed by atoms with van der Waals surface area (Å²) >= 11 is 0. The van der Waals surface area contributed by atoms with E-state index in [1.807, 2.05) is 54.6 Å². The monoisotopic (exact) mass is 283 g/mol. The van der Waals surface area contributed by atoms with Gasteiger partial charge in [0.05, 0.1) is 0 Å². The number of unbranched alkanes of at least 4 members (excludes halogenated alkanes) is 1. The first-order chi connectivity index (χ1) is 10.2. The van der Waals surface area contributed by atoms with Crippen LogP contribution in [0.4, 0.5) is 5.69 Å². The fourth-order valence-corrected chi connectivity index (χ4v) is 2.33. The maximum absolute atomic E-state index is 11.4. The molecule has 21 heavy (non-hydrogen) atoms. The lowest BCUT2D eigenvalue weighted by molar-refractivity contribution is -0.138. The number of carboxylic acid groups (broad SMARTS) is 1. The molecular formula is C18H21NO2. The number of anilines is 1. The Balaban J connectivity index is 2.25. The van der Waals surface area contributed by atoms with Crippen LogP contribution < -0.4 is 5.32 Å². The van der Waals surface area contributed by atoms with Crippen molar-refractivity contribution in [2.24, 2.45) is 0 Å². The summed E-state index contributed by atoms with van der Waals surface area (Å²) in [6.45, 7) is 2.07. The van der Waals surface area contributed by atoms with Gasteiger partial charge in [0.25, 0.3) is 0 Å². The second-order valence-electron chi connectivity index (χ2n) is 5.09. The van der Waals surface area contributed by atoms with Crippen LogP contribution in [-0.2, 0) is 4.79 Å². The Hall–Kier alpha value is -2.29. The van der Waals surface area contributed by atoms with Gasteiger partial charge in [0.15, 0.2) is 0 Å². The fourth-order valence-electron chi connectivity index (χ4n) is 2.33. The van der Waals surface area contributed by atoms with Crippen molar-refractivity contribution >= 4 is 11.7 Å². The average Bonchev–Trinajstić information content (AvgIpc) is 2.52. The van der Waals surface area contributed by atoms with Crippen molar-refractivity contribution in [1.29, 1.82) is 0 Å². The Morgan fingerprint density at radius 3 is 2.43 bits per heavy atom. The molecule has 0 saturated heterocycles. The predicted octanol–water partition coefficient (Wildman–Crippen LogP) is 4.41. The number of aliphatic carboxylic acids is 1. The highest BCUT2D eigenvalue weighted by molar-refractivity contribution is 5.83. The first-order valence-electron chi connectivity index (χ1n) is 7.36. The van der Waals surface area contributed by atoms with Gasteiger partial charge in [-0.3, -0.25) is 0 Å². The van der Waals surface area contributed by atoms with Crippen LogP contribution in [-0.4, -0.2) is 17.1 Å². The number of hydrogen-bond acceptors (Lipinski definition) is 2. The minimum atomic E-state index is -0.800. The molecule has 0 saturated carbocycles. The quantitative estimate of drug-likeness (QED) is 0.791. The van der Waals surface area contributed by atoms with Crippen molar-refractivity contribution in [2.75, 3.05) is 5.32 Å². The molecule has 3 nitrogen and oxygen atoms in total. The first kappa shape index (κ1) is 15.1. The number of hydrogen-bond donors (Lipinski definition) is 2. The lowest BCUT2D eigenvalue weighted by Crippen LogP contribution is -2.29. The molecule has 0 aliphatic rings. The summed E-state index contributed by atoms with van der Waals surface area (Å²) in [6.07, 6.45) is 2.53. The number of nitrogens with one attached hydrogen (secondary N) is 1. The summed E-state index contributed by atoms with van der Waals surface area (Å²) in [4.78, 5) is 11.4. The highest BCUT2D eigenvalue weighted by Crippen LogP contribution is 2.28. The summed E-state index contributed by atoms with van der Waals surface area (Å²) in [5, 5.41) is 12.5. The summed E-state index contributed by atoms with van der Waals surface area (Å²) in [7, 11) is 0. The van der Waals surface area contributed by atoms with Gasteiger partial charge in [0.1, 0.15) is 6.04 Å². The van der Waals surface area contributed by atoms with Gasteiger partial charge in [-0.15, -0.1) is 0 Å². The molecule has 2 rings (SSSR count). The van der Waals surface area contributed by atoms with E-state index in [1.165, 1.54) is 0 Å². The summed E-state index contributed by atoms with van der Waals surface area (Å²) in [5.41, 5.74) is 2.98. The van der Waals surface area contributed by atoms with Crippen LogP contribution in [0, 0.1) is 0 Å². The van der Waals surface area contributed by atoms with Crippen molar-refractivity contribution < 1.29 is 9.90 Å². The van der Waals surface area contributed by atoms with Crippen molar-refractivity contribution in [2.45, 2.75) is 32.2 Å². The molecule has 0 radical (unpaired) electrons. The largest absolute Gasteiger partial charge is 0.480 e. The first-order valence-corrected chi connectivity index (χ1v) is 7.36. The molecular weight excluding hydrogens is 262 g/mol. The van der Waals surface area contributed by atoms with E-state index in [4.69, 9.17) is 0 Å². The van der Waals surface area contributed by atoms with E-state index in [0.717, 1.165) is 29.7 Å². The molecule has 0 aliphatic heterocycles. The Morgan fingerprint density at radius 1 is 1.10 bits per heavy atom. The van der Waals surface area contributed by atoms with Gasteiger partial charge in [-0.2, -0.15) is 0 Å². The Morgan fingerprint density at radius 2 is 1.76 bits per heavy atom. The summed E-state index contributed by atoms with van der Waals surface area (Å²) in [5.74, 6) is -0.800. The average molecular weight is 283 g/mol. The molecule has 0 bridgehead atoms. The zero-order valence-corrected chi connectivity index (χ0v) is 12.3. The second kappa shape index (κ2) is 7.48. The molecule has 2 aromatic rings. The third-order valence-electron chi connectivity index (χ3n) is 3.49. The Labute approximate surface area is 125 Å². The Bertz CT molecular complexity index is 581. The molecule has 0 amide bonds. The predicted molar refractivity (Wildman–Crippen MR) is 86.4 cm³/mol. The molecule has 1 unspecified atom stereocenters. The second-order valence-corrected chi connectivity index (χ2v) is 5.09. The van der Waals surface area contributed by atoms with Crippen LogP contribution in [0.1, 0.15) is 26.2 Å². The smallest absolute Gasteiger partial charge is 0.326 e. The maximum Gasteiger partial charge on any atom is 0.326 e. The zero-order chi connectivity index (χ0) is 15.1. The zero-order valence-electron chi connectivity index (χ0n) is 12.3. The Kier molecular flexibility index (Phi) is 5.38. The number of carbonyl (C=O) groups is 1. The van der Waals surface area contributed by atoms with E-state index < -0.39 is 12.0 Å². The maximum atomic E-state index is 11.4. The minimum absolute atomic E-state index is 0.546. The van der Waals surface area contributed by atoms with Crippen LogP contribution in [0.25, 0.3) is 11.1 Å². The summed E-state index contributed by atoms with van der Waals surface area (Å²) < 4.78 is 0. The molecule has 0 fully saturated rings. The lowest BCUT2D eigenvalue weighted by Gasteiger charge is -2.18. The van der Waals surface area contributed by atoms with Crippen molar-refractivity contribution in [1.82, 2.24) is 0 Å². The van der Waals surface area contributed by atoms with Gasteiger partial charge in [-0.05, 0) is 18.1 Å². The molecule has 1 atom stereocenters. The minimum Gasteiger partial charge on any atom is -0.480 e. The topological polar surface area (TPSA) is 49.3 Å². The number of benzene rings is 2.